The molecule has 148 valence electrons. The highest BCUT2D eigenvalue weighted by molar-refractivity contribution is 8.13. The van der Waals surface area contributed by atoms with Gasteiger partial charge in [-0.3, -0.25) is 4.79 Å². The molecule has 0 N–H and O–H groups in total. The lowest BCUT2D eigenvalue weighted by Gasteiger charge is -2.26. The molecule has 0 fully saturated rings. The molecule has 2 aromatic rings. The van der Waals surface area contributed by atoms with Crippen molar-refractivity contribution in [3.05, 3.63) is 57.0 Å². The Morgan fingerprint density at radius 1 is 1.28 bits per heavy atom. The predicted octanol–water partition coefficient (Wildman–Crippen LogP) is 3.88. The van der Waals surface area contributed by atoms with Crippen molar-refractivity contribution >= 4 is 63.4 Å². The summed E-state index contributed by atoms with van der Waals surface area (Å²) >= 11 is 8.81. The Hall–Kier alpha value is -2.36. The second-order valence-electron chi connectivity index (χ2n) is 6.38. The molecule has 10 heteroatoms. The number of amidine groups is 2. The molecular weight excluding hydrogens is 435 g/mol. The molecule has 29 heavy (non-hydrogen) atoms. The molecule has 4 rings (SSSR count). The largest absolute Gasteiger partial charge is 0.445 e. The maximum Gasteiger partial charge on any atom is 0.445 e. The first kappa shape index (κ1) is 19.9. The van der Waals surface area contributed by atoms with Gasteiger partial charge in [0.2, 0.25) is 5.84 Å². The Labute approximate surface area is 179 Å². The molecule has 1 atom stereocenters. The van der Waals surface area contributed by atoms with Crippen LogP contribution in [-0.4, -0.2) is 52.2 Å². The maximum absolute atomic E-state index is 14.2. The number of aliphatic imine (C=N–C) groups is 2. The van der Waals surface area contributed by atoms with Crippen LogP contribution in [0.3, 0.4) is 0 Å². The van der Waals surface area contributed by atoms with Crippen LogP contribution in [0, 0.1) is 11.7 Å². The number of amides is 3. The van der Waals surface area contributed by atoms with Crippen LogP contribution in [0.15, 0.2) is 45.7 Å². The minimum Gasteiger partial charge on any atom is -0.255 e. The molecule has 3 amide bonds. The third kappa shape index (κ3) is 3.54. The van der Waals surface area contributed by atoms with Crippen molar-refractivity contribution in [2.75, 3.05) is 14.1 Å². The summed E-state index contributed by atoms with van der Waals surface area (Å²) in [6.07, 6.45) is 0. The molecule has 0 spiro atoms. The number of nitrogens with zero attached hydrogens (tertiary/aromatic N) is 4. The lowest BCUT2D eigenvalue weighted by Crippen LogP contribution is -2.54. The van der Waals surface area contributed by atoms with Gasteiger partial charge in [0.15, 0.2) is 5.92 Å². The SMILES string of the molecule is CN1C(=O)C2C(SCc3c(F)cccc3Cl)=NC(c3cccs3)=NC2=[N+](C)C1=O. The number of thiophene rings is 1. The molecule has 0 aliphatic carbocycles. The average Bonchev–Trinajstić information content (AvgIpc) is 3.24. The van der Waals surface area contributed by atoms with E-state index >= 15 is 0 Å². The van der Waals surface area contributed by atoms with Crippen LogP contribution in [0.4, 0.5) is 9.18 Å². The van der Waals surface area contributed by atoms with E-state index in [2.05, 4.69) is 9.98 Å². The van der Waals surface area contributed by atoms with Gasteiger partial charge < -0.3 is 0 Å². The molecule has 0 radical (unpaired) electrons. The van der Waals surface area contributed by atoms with Crippen molar-refractivity contribution in [2.45, 2.75) is 5.75 Å². The lowest BCUT2D eigenvalue weighted by atomic mass is 10.0. The molecule has 1 aromatic heterocycles. The van der Waals surface area contributed by atoms with Crippen LogP contribution in [0.25, 0.3) is 0 Å². The Balaban J connectivity index is 1.77. The quantitative estimate of drug-likeness (QED) is 0.668. The second kappa shape index (κ2) is 7.81. The summed E-state index contributed by atoms with van der Waals surface area (Å²) in [6, 6.07) is 7.77. The number of hydrogen-bond acceptors (Lipinski definition) is 6. The van der Waals surface area contributed by atoms with Crippen LogP contribution in [0.1, 0.15) is 10.4 Å². The van der Waals surface area contributed by atoms with Gasteiger partial charge in [0, 0.05) is 16.3 Å². The van der Waals surface area contributed by atoms with Crippen LogP contribution in [0.5, 0.6) is 0 Å². The normalized spacial score (nSPS) is 19.3. The highest BCUT2D eigenvalue weighted by Crippen LogP contribution is 2.31. The molecule has 6 nitrogen and oxygen atoms in total. The first-order valence-electron chi connectivity index (χ1n) is 8.57. The number of thioether (sulfide) groups is 1. The average molecular weight is 450 g/mol. The van der Waals surface area contributed by atoms with Gasteiger partial charge in [-0.1, -0.05) is 28.7 Å². The highest BCUT2D eigenvalue weighted by Gasteiger charge is 2.49. The monoisotopic (exact) mass is 449 g/mol. The maximum atomic E-state index is 14.2. The molecule has 1 aromatic carbocycles. The zero-order valence-corrected chi connectivity index (χ0v) is 17.8. The van der Waals surface area contributed by atoms with E-state index in [1.54, 1.807) is 13.1 Å². The van der Waals surface area contributed by atoms with Crippen molar-refractivity contribution < 1.29 is 18.6 Å². The number of imide groups is 1. The first-order chi connectivity index (χ1) is 13.9. The van der Waals surface area contributed by atoms with E-state index in [9.17, 15) is 14.0 Å². The van der Waals surface area contributed by atoms with Crippen LogP contribution in [-0.2, 0) is 10.5 Å². The number of fused-ring (bicyclic) bond motifs is 1. The van der Waals surface area contributed by atoms with E-state index in [0.717, 1.165) is 9.78 Å². The molecule has 3 heterocycles. The standard InChI is InChI=1S/C19H15ClFN4O2S2/c1-24-16-14(18(26)25(2)19(24)27)17(23-15(22-16)13-7-4-8-28-13)29-9-10-11(20)5-3-6-12(10)21/h3-8,14H,9H2,1-2H3/q+1. The van der Waals surface area contributed by atoms with Crippen molar-refractivity contribution in [3.8, 4) is 0 Å². The number of hydrogen-bond donors (Lipinski definition) is 0. The molecule has 0 bridgehead atoms. The fourth-order valence-corrected chi connectivity index (χ4v) is 5.10. The molecule has 1 unspecified atom stereocenters. The summed E-state index contributed by atoms with van der Waals surface area (Å²) in [5, 5.41) is 2.66. The van der Waals surface area contributed by atoms with Crippen LogP contribution >= 0.6 is 34.7 Å². The van der Waals surface area contributed by atoms with Crippen molar-refractivity contribution in [2.24, 2.45) is 15.9 Å². The third-order valence-corrected chi connectivity index (χ3v) is 6.88. The summed E-state index contributed by atoms with van der Waals surface area (Å²) in [5.74, 6) is -0.716. The van der Waals surface area contributed by atoms with E-state index in [1.165, 1.54) is 46.9 Å². The van der Waals surface area contributed by atoms with Crippen molar-refractivity contribution in [1.82, 2.24) is 4.90 Å². The fraction of sp³-hybridized carbons (Fsp3) is 0.211. The smallest absolute Gasteiger partial charge is 0.255 e. The number of rotatable bonds is 3. The van der Waals surface area contributed by atoms with Gasteiger partial charge in [-0.25, -0.2) is 14.2 Å². The number of carbonyl (C=O) groups is 2. The predicted molar refractivity (Wildman–Crippen MR) is 114 cm³/mol. The Morgan fingerprint density at radius 2 is 2.07 bits per heavy atom. The van der Waals surface area contributed by atoms with Crippen LogP contribution in [0.2, 0.25) is 5.02 Å². The van der Waals surface area contributed by atoms with Crippen molar-refractivity contribution in [3.63, 3.8) is 0 Å². The second-order valence-corrected chi connectivity index (χ2v) is 8.73. The summed E-state index contributed by atoms with van der Waals surface area (Å²) in [5.41, 5.74) is 0.338. The van der Waals surface area contributed by atoms with Gasteiger partial charge in [0.1, 0.15) is 10.9 Å². The van der Waals surface area contributed by atoms with Crippen LogP contribution < -0.4 is 0 Å². The minimum atomic E-state index is -0.818. The minimum absolute atomic E-state index is 0.195. The van der Waals surface area contributed by atoms with Gasteiger partial charge in [-0.05, 0) is 23.6 Å². The number of urea groups is 1. The zero-order chi connectivity index (χ0) is 20.7. The number of carbonyl (C=O) groups excluding carboxylic acids is 2. The van der Waals surface area contributed by atoms with Gasteiger partial charge in [0.25, 0.3) is 5.84 Å². The van der Waals surface area contributed by atoms with Gasteiger partial charge in [0.05, 0.1) is 19.0 Å². The zero-order valence-electron chi connectivity index (χ0n) is 15.4. The lowest BCUT2D eigenvalue weighted by molar-refractivity contribution is -0.407. The van der Waals surface area contributed by atoms with E-state index in [0.29, 0.717) is 27.3 Å². The molecular formula is C19H15ClFN4O2S2+. The van der Waals surface area contributed by atoms with E-state index in [1.807, 2.05) is 17.5 Å². The van der Waals surface area contributed by atoms with Gasteiger partial charge >= 0.3 is 11.9 Å². The summed E-state index contributed by atoms with van der Waals surface area (Å²) in [6.45, 7) is 0. The van der Waals surface area contributed by atoms with E-state index < -0.39 is 23.7 Å². The third-order valence-electron chi connectivity index (χ3n) is 4.60. The Morgan fingerprint density at radius 3 is 2.76 bits per heavy atom. The van der Waals surface area contributed by atoms with E-state index in [-0.39, 0.29) is 5.75 Å². The van der Waals surface area contributed by atoms with Crippen molar-refractivity contribution in [1.29, 1.82) is 0 Å². The number of halogens is 2. The summed E-state index contributed by atoms with van der Waals surface area (Å²) < 4.78 is 15.5. The molecule has 0 saturated carbocycles. The Kier molecular flexibility index (Phi) is 5.37. The number of benzene rings is 1. The topological polar surface area (TPSA) is 65.1 Å². The highest BCUT2D eigenvalue weighted by atomic mass is 35.5. The van der Waals surface area contributed by atoms with Gasteiger partial charge in [-0.15, -0.1) is 23.1 Å². The molecule has 2 aliphatic heterocycles. The fourth-order valence-electron chi connectivity index (χ4n) is 3.02. The van der Waals surface area contributed by atoms with Gasteiger partial charge in [-0.2, -0.15) is 9.48 Å². The Bertz CT molecular complexity index is 1090. The summed E-state index contributed by atoms with van der Waals surface area (Å²) in [7, 11) is 3.00. The summed E-state index contributed by atoms with van der Waals surface area (Å²) in [4.78, 5) is 36.2. The van der Waals surface area contributed by atoms with E-state index in [4.69, 9.17) is 11.6 Å². The molecule has 0 saturated heterocycles. The first-order valence-corrected chi connectivity index (χ1v) is 10.8. The molecule has 2 aliphatic rings.